The van der Waals surface area contributed by atoms with Gasteiger partial charge in [-0.1, -0.05) is 35.5 Å². The van der Waals surface area contributed by atoms with Gasteiger partial charge in [0.05, 0.1) is 15.8 Å². The number of fused-ring (bicyclic) bond motifs is 2. The van der Waals surface area contributed by atoms with Gasteiger partial charge >= 0.3 is 15.7 Å². The van der Waals surface area contributed by atoms with Crippen LogP contribution in [0.5, 0.6) is 5.75 Å². The van der Waals surface area contributed by atoms with E-state index in [2.05, 4.69) is 9.97 Å². The third-order valence-electron chi connectivity index (χ3n) is 5.54. The predicted molar refractivity (Wildman–Crippen MR) is 140 cm³/mol. The van der Waals surface area contributed by atoms with Crippen LogP contribution in [0.25, 0.3) is 21.9 Å². The maximum absolute atomic E-state index is 12.7. The van der Waals surface area contributed by atoms with Crippen LogP contribution in [0.3, 0.4) is 0 Å². The molecule has 3 aromatic carbocycles. The lowest BCUT2D eigenvalue weighted by molar-refractivity contribution is -0.387. The Morgan fingerprint density at radius 2 is 1.84 bits per heavy atom. The minimum Gasteiger partial charge on any atom is -0.423 e. The van der Waals surface area contributed by atoms with Crippen LogP contribution in [0.15, 0.2) is 90.8 Å². The SMILES string of the molecule is Cc1ccc2nc(SCc3cc(=O)oc4cc(OS(=O)(=O)c5ccccc5[N+](=O)[O-])ccc34)[nH]c(=O)c2c1. The first kappa shape index (κ1) is 25.2. The Morgan fingerprint density at radius 3 is 2.63 bits per heavy atom. The molecule has 11 nitrogen and oxygen atoms in total. The van der Waals surface area contributed by atoms with Crippen molar-refractivity contribution in [1.82, 2.24) is 9.97 Å². The van der Waals surface area contributed by atoms with Gasteiger partial charge in [-0.05, 0) is 42.8 Å². The van der Waals surface area contributed by atoms with Crippen molar-refractivity contribution in [3.8, 4) is 5.75 Å². The number of aromatic nitrogens is 2. The number of aryl methyl sites for hydroxylation is 1. The van der Waals surface area contributed by atoms with Gasteiger partial charge in [-0.3, -0.25) is 14.9 Å². The lowest BCUT2D eigenvalue weighted by atomic mass is 10.1. The average Bonchev–Trinajstić information content (AvgIpc) is 2.87. The third kappa shape index (κ3) is 5.01. The lowest BCUT2D eigenvalue weighted by Crippen LogP contribution is -2.12. The molecule has 1 N–H and O–H groups in total. The molecular weight excluding hydrogens is 534 g/mol. The molecule has 0 fully saturated rings. The van der Waals surface area contributed by atoms with Crippen LogP contribution in [0.4, 0.5) is 5.69 Å². The van der Waals surface area contributed by atoms with Crippen molar-refractivity contribution in [3.63, 3.8) is 0 Å². The van der Waals surface area contributed by atoms with Gasteiger partial charge in [0, 0.05) is 29.3 Å². The van der Waals surface area contributed by atoms with Crippen molar-refractivity contribution >= 4 is 49.4 Å². The minimum atomic E-state index is -4.56. The molecule has 0 saturated carbocycles. The number of benzene rings is 3. The Labute approximate surface area is 218 Å². The maximum atomic E-state index is 12.7. The summed E-state index contributed by atoms with van der Waals surface area (Å²) in [4.78, 5) is 41.7. The Morgan fingerprint density at radius 1 is 1.05 bits per heavy atom. The molecule has 13 heteroatoms. The Hall–Kier alpha value is -4.49. The topological polar surface area (TPSA) is 162 Å². The Bertz CT molecular complexity index is 1970. The summed E-state index contributed by atoms with van der Waals surface area (Å²) in [7, 11) is -4.56. The second-order valence-electron chi connectivity index (χ2n) is 8.19. The zero-order chi connectivity index (χ0) is 27.0. The average molecular weight is 552 g/mol. The molecule has 192 valence electrons. The number of hydrogen-bond donors (Lipinski definition) is 1. The van der Waals surface area contributed by atoms with Crippen LogP contribution in [-0.4, -0.2) is 23.3 Å². The van der Waals surface area contributed by atoms with E-state index in [0.29, 0.717) is 27.0 Å². The molecule has 5 aromatic rings. The van der Waals surface area contributed by atoms with Crippen LogP contribution in [-0.2, 0) is 15.9 Å². The van der Waals surface area contributed by atoms with E-state index in [1.54, 1.807) is 12.1 Å². The molecule has 2 aromatic heterocycles. The molecule has 0 atom stereocenters. The first-order valence-corrected chi connectivity index (χ1v) is 13.4. The van der Waals surface area contributed by atoms with Gasteiger partial charge in [0.2, 0.25) is 0 Å². The number of nitro groups is 1. The molecule has 0 aliphatic heterocycles. The zero-order valence-corrected chi connectivity index (χ0v) is 21.2. The predicted octanol–water partition coefficient (Wildman–Crippen LogP) is 4.31. The van der Waals surface area contributed by atoms with E-state index in [4.69, 9.17) is 8.60 Å². The van der Waals surface area contributed by atoms with Gasteiger partial charge in [0.1, 0.15) is 11.3 Å². The van der Waals surface area contributed by atoms with Crippen LogP contribution in [0, 0.1) is 17.0 Å². The molecule has 2 heterocycles. The monoisotopic (exact) mass is 551 g/mol. The number of nitrogens with one attached hydrogen (secondary N) is 1. The summed E-state index contributed by atoms with van der Waals surface area (Å²) in [6.07, 6.45) is 0. The molecular formula is C25H17N3O8S2. The molecule has 0 unspecified atom stereocenters. The van der Waals surface area contributed by atoms with Gasteiger partial charge in [-0.2, -0.15) is 8.42 Å². The standard InChI is InChI=1S/C25H17N3O8S2/c1-14-6-9-19-18(10-14)24(30)27-25(26-19)37-13-15-11-23(29)35-21-12-16(7-8-17(15)21)36-38(33,34)22-5-3-2-4-20(22)28(31)32/h2-12H,13H2,1H3,(H,26,27,30). The van der Waals surface area contributed by atoms with Crippen molar-refractivity contribution in [2.24, 2.45) is 0 Å². The van der Waals surface area contributed by atoms with Gasteiger partial charge in [0.15, 0.2) is 10.1 Å². The van der Waals surface area contributed by atoms with E-state index in [9.17, 15) is 28.1 Å². The molecule has 0 spiro atoms. The first-order chi connectivity index (χ1) is 18.1. The molecule has 0 amide bonds. The molecule has 0 bridgehead atoms. The van der Waals surface area contributed by atoms with E-state index in [1.807, 2.05) is 13.0 Å². The normalized spacial score (nSPS) is 11.6. The van der Waals surface area contributed by atoms with Gasteiger partial charge in [-0.15, -0.1) is 0 Å². The van der Waals surface area contributed by atoms with Crippen LogP contribution < -0.4 is 15.4 Å². The number of nitrogens with zero attached hydrogens (tertiary/aromatic N) is 2. The number of thioether (sulfide) groups is 1. The highest BCUT2D eigenvalue weighted by molar-refractivity contribution is 7.98. The number of para-hydroxylation sites is 1. The Balaban J connectivity index is 1.44. The molecule has 0 aliphatic carbocycles. The Kier molecular flexibility index (Phi) is 6.46. The summed E-state index contributed by atoms with van der Waals surface area (Å²) >= 11 is 1.21. The fourth-order valence-corrected chi connectivity index (χ4v) is 5.77. The highest BCUT2D eigenvalue weighted by atomic mass is 32.2. The third-order valence-corrected chi connectivity index (χ3v) is 7.76. The number of nitro benzene ring substituents is 1. The van der Waals surface area contributed by atoms with Crippen molar-refractivity contribution < 1.29 is 21.9 Å². The summed E-state index contributed by atoms with van der Waals surface area (Å²) < 4.78 is 35.8. The highest BCUT2D eigenvalue weighted by Gasteiger charge is 2.27. The first-order valence-electron chi connectivity index (χ1n) is 11.0. The van der Waals surface area contributed by atoms with Gasteiger partial charge in [0.25, 0.3) is 11.2 Å². The van der Waals surface area contributed by atoms with Gasteiger partial charge in [-0.25, -0.2) is 9.78 Å². The molecule has 0 saturated heterocycles. The van der Waals surface area contributed by atoms with Crippen LogP contribution in [0.2, 0.25) is 0 Å². The number of rotatable bonds is 7. The zero-order valence-electron chi connectivity index (χ0n) is 19.5. The highest BCUT2D eigenvalue weighted by Crippen LogP contribution is 2.30. The smallest absolute Gasteiger partial charge is 0.346 e. The molecule has 38 heavy (non-hydrogen) atoms. The van der Waals surface area contributed by atoms with E-state index in [-0.39, 0.29) is 22.6 Å². The summed E-state index contributed by atoms with van der Waals surface area (Å²) in [5.41, 5.74) is 0.503. The molecule has 0 radical (unpaired) electrons. The summed E-state index contributed by atoms with van der Waals surface area (Å²) in [6.45, 7) is 1.88. The largest absolute Gasteiger partial charge is 0.423 e. The summed E-state index contributed by atoms with van der Waals surface area (Å²) in [5, 5.41) is 12.6. The lowest BCUT2D eigenvalue weighted by Gasteiger charge is -2.09. The fourth-order valence-electron chi connectivity index (χ4n) is 3.82. The quantitative estimate of drug-likeness (QED) is 0.0770. The second kappa shape index (κ2) is 9.76. The maximum Gasteiger partial charge on any atom is 0.346 e. The van der Waals surface area contributed by atoms with Crippen LogP contribution >= 0.6 is 11.8 Å². The number of aromatic amines is 1. The summed E-state index contributed by atoms with van der Waals surface area (Å²) in [6, 6.07) is 15.5. The van der Waals surface area contributed by atoms with E-state index in [1.165, 1.54) is 48.2 Å². The van der Waals surface area contributed by atoms with Crippen molar-refractivity contribution in [2.75, 3.05) is 0 Å². The number of H-pyrrole nitrogens is 1. The fraction of sp³-hybridized carbons (Fsp3) is 0.0800. The molecule has 5 rings (SSSR count). The van der Waals surface area contributed by atoms with E-state index < -0.39 is 31.2 Å². The minimum absolute atomic E-state index is 0.0544. The van der Waals surface area contributed by atoms with Crippen LogP contribution in [0.1, 0.15) is 11.1 Å². The van der Waals surface area contributed by atoms with E-state index in [0.717, 1.165) is 17.7 Å². The van der Waals surface area contributed by atoms with Crippen molar-refractivity contribution in [3.05, 3.63) is 109 Å². The second-order valence-corrected chi connectivity index (χ2v) is 10.7. The summed E-state index contributed by atoms with van der Waals surface area (Å²) in [5.74, 6) is 0.0522. The van der Waals surface area contributed by atoms with Crippen molar-refractivity contribution in [1.29, 1.82) is 0 Å². The van der Waals surface area contributed by atoms with Crippen molar-refractivity contribution in [2.45, 2.75) is 22.7 Å². The molecule has 0 aliphatic rings. The van der Waals surface area contributed by atoms with E-state index >= 15 is 0 Å². The number of hydrogen-bond acceptors (Lipinski definition) is 10. The van der Waals surface area contributed by atoms with Gasteiger partial charge < -0.3 is 13.6 Å².